The molecule has 1 aliphatic carbocycles. The molecule has 1 aromatic rings. The average molecular weight is 248 g/mol. The number of aryl methyl sites for hydroxylation is 1. The summed E-state index contributed by atoms with van der Waals surface area (Å²) in [6, 6.07) is 2.96. The van der Waals surface area contributed by atoms with E-state index < -0.39 is 0 Å². The Balaban J connectivity index is 1.82. The minimum absolute atomic E-state index is 0.711. The SMILES string of the molecule is CCCn1ccc(CNC2CCCC(C)C2C)c1. The van der Waals surface area contributed by atoms with Gasteiger partial charge in [0.1, 0.15) is 0 Å². The summed E-state index contributed by atoms with van der Waals surface area (Å²) in [5, 5.41) is 3.76. The van der Waals surface area contributed by atoms with E-state index in [2.05, 4.69) is 49.1 Å². The topological polar surface area (TPSA) is 17.0 Å². The van der Waals surface area contributed by atoms with Gasteiger partial charge in [0, 0.05) is 31.5 Å². The standard InChI is InChI=1S/C16H28N2/c1-4-9-18-10-8-15(12-18)11-17-16-7-5-6-13(2)14(16)3/h8,10,12-14,16-17H,4-7,9,11H2,1-3H3. The lowest BCUT2D eigenvalue weighted by atomic mass is 9.78. The van der Waals surface area contributed by atoms with E-state index in [1.165, 1.54) is 31.2 Å². The lowest BCUT2D eigenvalue weighted by Gasteiger charge is -2.34. The number of nitrogens with zero attached hydrogens (tertiary/aromatic N) is 1. The molecule has 1 aliphatic rings. The third-order valence-corrected chi connectivity index (χ3v) is 4.57. The smallest absolute Gasteiger partial charge is 0.0223 e. The van der Waals surface area contributed by atoms with E-state index in [-0.39, 0.29) is 0 Å². The van der Waals surface area contributed by atoms with Crippen molar-refractivity contribution in [3.63, 3.8) is 0 Å². The van der Waals surface area contributed by atoms with Gasteiger partial charge in [0.15, 0.2) is 0 Å². The summed E-state index contributed by atoms with van der Waals surface area (Å²) in [4.78, 5) is 0. The third kappa shape index (κ3) is 3.38. The molecule has 2 heteroatoms. The highest BCUT2D eigenvalue weighted by Gasteiger charge is 2.26. The molecular weight excluding hydrogens is 220 g/mol. The van der Waals surface area contributed by atoms with Crippen LogP contribution in [0.4, 0.5) is 0 Å². The Morgan fingerprint density at radius 1 is 1.33 bits per heavy atom. The molecule has 0 bridgehead atoms. The van der Waals surface area contributed by atoms with Crippen molar-refractivity contribution in [1.82, 2.24) is 9.88 Å². The summed E-state index contributed by atoms with van der Waals surface area (Å²) in [6.45, 7) is 9.19. The molecule has 1 aromatic heterocycles. The van der Waals surface area contributed by atoms with Crippen LogP contribution in [0.5, 0.6) is 0 Å². The van der Waals surface area contributed by atoms with Gasteiger partial charge in [-0.2, -0.15) is 0 Å². The Bertz CT molecular complexity index is 356. The van der Waals surface area contributed by atoms with Crippen molar-refractivity contribution in [2.45, 2.75) is 65.6 Å². The van der Waals surface area contributed by atoms with Crippen molar-refractivity contribution < 1.29 is 0 Å². The van der Waals surface area contributed by atoms with Gasteiger partial charge in [0.25, 0.3) is 0 Å². The van der Waals surface area contributed by atoms with E-state index in [0.717, 1.165) is 24.9 Å². The molecule has 3 atom stereocenters. The van der Waals surface area contributed by atoms with E-state index in [9.17, 15) is 0 Å². The first-order chi connectivity index (χ1) is 8.70. The third-order valence-electron chi connectivity index (χ3n) is 4.57. The van der Waals surface area contributed by atoms with Gasteiger partial charge in [-0.1, -0.05) is 33.6 Å². The highest BCUT2D eigenvalue weighted by atomic mass is 15.0. The molecule has 1 N–H and O–H groups in total. The molecular formula is C16H28N2. The molecule has 18 heavy (non-hydrogen) atoms. The molecule has 2 rings (SSSR count). The number of aromatic nitrogens is 1. The molecule has 0 saturated heterocycles. The fourth-order valence-electron chi connectivity index (χ4n) is 3.11. The highest BCUT2D eigenvalue weighted by molar-refractivity contribution is 5.10. The van der Waals surface area contributed by atoms with Gasteiger partial charge in [0.2, 0.25) is 0 Å². The van der Waals surface area contributed by atoms with Crippen LogP contribution in [-0.4, -0.2) is 10.6 Å². The monoisotopic (exact) mass is 248 g/mol. The van der Waals surface area contributed by atoms with Crippen molar-refractivity contribution in [1.29, 1.82) is 0 Å². The molecule has 1 fully saturated rings. The number of rotatable bonds is 5. The van der Waals surface area contributed by atoms with Crippen LogP contribution < -0.4 is 5.32 Å². The van der Waals surface area contributed by atoms with Gasteiger partial charge in [-0.25, -0.2) is 0 Å². The van der Waals surface area contributed by atoms with E-state index >= 15 is 0 Å². The summed E-state index contributed by atoms with van der Waals surface area (Å²) < 4.78 is 2.30. The van der Waals surface area contributed by atoms with Crippen LogP contribution in [0, 0.1) is 11.8 Å². The summed E-state index contributed by atoms with van der Waals surface area (Å²) >= 11 is 0. The lowest BCUT2D eigenvalue weighted by Crippen LogP contribution is -2.40. The first-order valence-electron chi connectivity index (χ1n) is 7.58. The van der Waals surface area contributed by atoms with Crippen LogP contribution in [0.15, 0.2) is 18.5 Å². The summed E-state index contributed by atoms with van der Waals surface area (Å²) in [5.74, 6) is 1.69. The maximum Gasteiger partial charge on any atom is 0.0223 e. The van der Waals surface area contributed by atoms with E-state index in [4.69, 9.17) is 0 Å². The Kier molecular flexibility index (Phi) is 4.87. The normalized spacial score (nSPS) is 28.5. The van der Waals surface area contributed by atoms with Crippen molar-refractivity contribution in [3.05, 3.63) is 24.0 Å². The molecule has 102 valence electrons. The van der Waals surface area contributed by atoms with Crippen LogP contribution in [0.1, 0.15) is 52.0 Å². The van der Waals surface area contributed by atoms with E-state index in [1.807, 2.05) is 0 Å². The van der Waals surface area contributed by atoms with E-state index in [0.29, 0.717) is 6.04 Å². The zero-order chi connectivity index (χ0) is 13.0. The average Bonchev–Trinajstić information content (AvgIpc) is 2.79. The molecule has 2 nitrogen and oxygen atoms in total. The molecule has 0 aromatic carbocycles. The van der Waals surface area contributed by atoms with Crippen molar-refractivity contribution in [3.8, 4) is 0 Å². The molecule has 1 heterocycles. The summed E-state index contributed by atoms with van der Waals surface area (Å²) in [7, 11) is 0. The maximum atomic E-state index is 3.76. The molecule has 0 amide bonds. The van der Waals surface area contributed by atoms with Crippen LogP contribution in [-0.2, 0) is 13.1 Å². The van der Waals surface area contributed by atoms with Gasteiger partial charge < -0.3 is 9.88 Å². The van der Waals surface area contributed by atoms with Crippen molar-refractivity contribution in [2.75, 3.05) is 0 Å². The molecule has 0 radical (unpaired) electrons. The first-order valence-corrected chi connectivity index (χ1v) is 7.58. The molecule has 3 unspecified atom stereocenters. The quantitative estimate of drug-likeness (QED) is 0.838. The first kappa shape index (κ1) is 13.7. The summed E-state index contributed by atoms with van der Waals surface area (Å²) in [5.41, 5.74) is 1.42. The van der Waals surface area contributed by atoms with Crippen LogP contribution in [0.2, 0.25) is 0 Å². The zero-order valence-corrected chi connectivity index (χ0v) is 12.2. The minimum Gasteiger partial charge on any atom is -0.354 e. The minimum atomic E-state index is 0.711. The maximum absolute atomic E-state index is 3.76. The molecule has 0 spiro atoms. The number of nitrogens with one attached hydrogen (secondary N) is 1. The van der Waals surface area contributed by atoms with Gasteiger partial charge in [-0.15, -0.1) is 0 Å². The predicted molar refractivity (Wildman–Crippen MR) is 77.5 cm³/mol. The highest BCUT2D eigenvalue weighted by Crippen LogP contribution is 2.29. The number of hydrogen-bond donors (Lipinski definition) is 1. The zero-order valence-electron chi connectivity index (χ0n) is 12.2. The Morgan fingerprint density at radius 2 is 2.17 bits per heavy atom. The predicted octanol–water partition coefficient (Wildman–Crippen LogP) is 3.81. The molecule has 0 aliphatic heterocycles. The van der Waals surface area contributed by atoms with Crippen LogP contribution in [0.3, 0.4) is 0 Å². The Hall–Kier alpha value is -0.760. The van der Waals surface area contributed by atoms with Crippen molar-refractivity contribution >= 4 is 0 Å². The Labute approximate surface area is 112 Å². The van der Waals surface area contributed by atoms with Gasteiger partial charge in [-0.3, -0.25) is 0 Å². The lowest BCUT2D eigenvalue weighted by molar-refractivity contribution is 0.206. The summed E-state index contributed by atoms with van der Waals surface area (Å²) in [6.07, 6.45) is 9.84. The second-order valence-corrected chi connectivity index (χ2v) is 6.01. The van der Waals surface area contributed by atoms with Crippen LogP contribution >= 0.6 is 0 Å². The van der Waals surface area contributed by atoms with E-state index in [1.54, 1.807) is 0 Å². The Morgan fingerprint density at radius 3 is 2.94 bits per heavy atom. The van der Waals surface area contributed by atoms with Gasteiger partial charge >= 0.3 is 0 Å². The van der Waals surface area contributed by atoms with Crippen LogP contribution in [0.25, 0.3) is 0 Å². The molecule has 1 saturated carbocycles. The van der Waals surface area contributed by atoms with Gasteiger partial charge in [-0.05, 0) is 36.3 Å². The van der Waals surface area contributed by atoms with Gasteiger partial charge in [0.05, 0.1) is 0 Å². The fourth-order valence-corrected chi connectivity index (χ4v) is 3.11. The number of hydrogen-bond acceptors (Lipinski definition) is 1. The second-order valence-electron chi connectivity index (χ2n) is 6.01. The fraction of sp³-hybridized carbons (Fsp3) is 0.750. The second kappa shape index (κ2) is 6.42. The largest absolute Gasteiger partial charge is 0.354 e. The van der Waals surface area contributed by atoms with Crippen molar-refractivity contribution in [2.24, 2.45) is 11.8 Å².